The molecule has 0 spiro atoms. The number of ether oxygens (including phenoxy) is 2. The number of carboxylic acid groups (broad SMARTS) is 1. The molecule has 3 fully saturated rings. The van der Waals surface area contributed by atoms with Gasteiger partial charge >= 0.3 is 5.97 Å². The number of carboxylic acids is 1. The molecule has 0 heterocycles. The summed E-state index contributed by atoms with van der Waals surface area (Å²) in [4.78, 5) is 38.7. The summed E-state index contributed by atoms with van der Waals surface area (Å²) in [7, 11) is 1.45. The number of carbonyl (C=O) groups excluding carboxylic acids is 2. The van der Waals surface area contributed by atoms with Crippen molar-refractivity contribution in [2.24, 2.45) is 16.7 Å². The lowest BCUT2D eigenvalue weighted by molar-refractivity contribution is -0.150. The number of aliphatic carboxylic acids is 1. The summed E-state index contributed by atoms with van der Waals surface area (Å²) in [5, 5.41) is 25.7. The molecule has 3 aliphatic carbocycles. The van der Waals surface area contributed by atoms with Gasteiger partial charge in [0.1, 0.15) is 17.6 Å². The van der Waals surface area contributed by atoms with Crippen molar-refractivity contribution < 1.29 is 29.0 Å². The van der Waals surface area contributed by atoms with Gasteiger partial charge in [-0.2, -0.15) is 5.26 Å². The molecule has 9 nitrogen and oxygen atoms in total. The summed E-state index contributed by atoms with van der Waals surface area (Å²) in [5.41, 5.74) is -0.111. The van der Waals surface area contributed by atoms with Crippen LogP contribution in [-0.4, -0.2) is 48.7 Å². The number of amides is 2. The van der Waals surface area contributed by atoms with Gasteiger partial charge in [0.25, 0.3) is 5.91 Å². The van der Waals surface area contributed by atoms with Gasteiger partial charge in [0, 0.05) is 18.7 Å². The maximum Gasteiger partial charge on any atom is 0.309 e. The largest absolute Gasteiger partial charge is 0.496 e. The first-order chi connectivity index (χ1) is 19.6. The van der Waals surface area contributed by atoms with Gasteiger partial charge in [-0.1, -0.05) is 39.0 Å². The summed E-state index contributed by atoms with van der Waals surface area (Å²) < 4.78 is 11.7. The van der Waals surface area contributed by atoms with Crippen molar-refractivity contribution in [3.8, 4) is 17.6 Å². The monoisotopic (exact) mass is 567 g/mol. The molecule has 3 saturated carbocycles. The van der Waals surface area contributed by atoms with Crippen LogP contribution in [0.25, 0.3) is 0 Å². The van der Waals surface area contributed by atoms with Crippen molar-refractivity contribution in [1.82, 2.24) is 10.6 Å². The molecule has 41 heavy (non-hydrogen) atoms. The smallest absolute Gasteiger partial charge is 0.309 e. The van der Waals surface area contributed by atoms with Crippen LogP contribution in [0.3, 0.4) is 0 Å². The van der Waals surface area contributed by atoms with E-state index < -0.39 is 11.4 Å². The SMILES string of the molecule is COc1cc(C#N)c(O[C@H]2CC[C@@](C)(C(=O)O)CC2)cc1C(=O)N[C@H]1CCCCCC[C@H]1C(=O)NCC1(C)CCC1. The van der Waals surface area contributed by atoms with Gasteiger partial charge in [0.05, 0.1) is 35.7 Å². The van der Waals surface area contributed by atoms with E-state index >= 15 is 0 Å². The van der Waals surface area contributed by atoms with Crippen LogP contribution < -0.4 is 20.1 Å². The van der Waals surface area contributed by atoms with E-state index in [0.29, 0.717) is 38.6 Å². The van der Waals surface area contributed by atoms with Gasteiger partial charge in [0.15, 0.2) is 0 Å². The van der Waals surface area contributed by atoms with Crippen molar-refractivity contribution in [2.75, 3.05) is 13.7 Å². The average molecular weight is 568 g/mol. The number of hydrogen-bond acceptors (Lipinski definition) is 6. The summed E-state index contributed by atoms with van der Waals surface area (Å²) in [6.45, 7) is 4.63. The molecular weight excluding hydrogens is 522 g/mol. The van der Waals surface area contributed by atoms with E-state index in [0.717, 1.165) is 44.9 Å². The molecule has 3 N–H and O–H groups in total. The fourth-order valence-corrected chi connectivity index (χ4v) is 6.44. The van der Waals surface area contributed by atoms with E-state index in [-0.39, 0.29) is 57.9 Å². The topological polar surface area (TPSA) is 138 Å². The highest BCUT2D eigenvalue weighted by Crippen LogP contribution is 2.40. The van der Waals surface area contributed by atoms with Gasteiger partial charge in [-0.15, -0.1) is 0 Å². The molecule has 2 amide bonds. The Kier molecular flexibility index (Phi) is 9.83. The Morgan fingerprint density at radius 3 is 2.24 bits per heavy atom. The van der Waals surface area contributed by atoms with Crippen LogP contribution in [0.5, 0.6) is 11.5 Å². The molecule has 0 saturated heterocycles. The van der Waals surface area contributed by atoms with Crippen molar-refractivity contribution in [3.63, 3.8) is 0 Å². The van der Waals surface area contributed by atoms with Crippen LogP contribution in [0, 0.1) is 28.1 Å². The third-order valence-corrected chi connectivity index (χ3v) is 9.68. The zero-order valence-corrected chi connectivity index (χ0v) is 24.7. The minimum atomic E-state index is -0.810. The van der Waals surface area contributed by atoms with Crippen molar-refractivity contribution in [1.29, 1.82) is 5.26 Å². The molecule has 0 bridgehead atoms. The number of rotatable bonds is 9. The number of methoxy groups -OCH3 is 1. The van der Waals surface area contributed by atoms with Crippen LogP contribution in [-0.2, 0) is 9.59 Å². The van der Waals surface area contributed by atoms with Crippen LogP contribution >= 0.6 is 0 Å². The molecule has 9 heteroatoms. The predicted octanol–water partition coefficient (Wildman–Crippen LogP) is 5.35. The van der Waals surface area contributed by atoms with Gasteiger partial charge < -0.3 is 25.2 Å². The maximum atomic E-state index is 13.7. The normalized spacial score (nSPS) is 27.6. The number of nitriles is 1. The fraction of sp³-hybridized carbons (Fsp3) is 0.688. The molecular formula is C32H45N3O6. The number of benzene rings is 1. The Hall–Kier alpha value is -3.28. The van der Waals surface area contributed by atoms with Crippen molar-refractivity contribution >= 4 is 17.8 Å². The van der Waals surface area contributed by atoms with Crippen LogP contribution in [0.15, 0.2) is 12.1 Å². The minimum Gasteiger partial charge on any atom is -0.496 e. The zero-order chi connectivity index (χ0) is 29.6. The fourth-order valence-electron chi connectivity index (χ4n) is 6.44. The van der Waals surface area contributed by atoms with Gasteiger partial charge in [-0.25, -0.2) is 0 Å². The Bertz CT molecular complexity index is 1160. The maximum absolute atomic E-state index is 13.7. The van der Waals surface area contributed by atoms with E-state index in [4.69, 9.17) is 9.47 Å². The molecule has 4 rings (SSSR count). The van der Waals surface area contributed by atoms with E-state index in [1.54, 1.807) is 13.0 Å². The highest BCUT2D eigenvalue weighted by molar-refractivity contribution is 5.98. The second kappa shape index (κ2) is 13.1. The molecule has 1 aromatic rings. The molecule has 0 unspecified atom stereocenters. The Morgan fingerprint density at radius 1 is 0.976 bits per heavy atom. The number of nitrogens with one attached hydrogen (secondary N) is 2. The molecule has 0 aliphatic heterocycles. The first-order valence-corrected chi connectivity index (χ1v) is 15.2. The van der Waals surface area contributed by atoms with Crippen LogP contribution in [0.1, 0.15) is 113 Å². The van der Waals surface area contributed by atoms with Gasteiger partial charge in [0.2, 0.25) is 5.91 Å². The number of hydrogen-bond donors (Lipinski definition) is 3. The van der Waals surface area contributed by atoms with E-state index in [1.807, 2.05) is 0 Å². The van der Waals surface area contributed by atoms with Crippen molar-refractivity contribution in [2.45, 2.75) is 109 Å². The summed E-state index contributed by atoms with van der Waals surface area (Å²) in [6, 6.07) is 4.88. The Morgan fingerprint density at radius 2 is 1.66 bits per heavy atom. The predicted molar refractivity (Wildman–Crippen MR) is 154 cm³/mol. The second-order valence-corrected chi connectivity index (χ2v) is 12.9. The molecule has 0 aromatic heterocycles. The first-order valence-electron chi connectivity index (χ1n) is 15.2. The summed E-state index contributed by atoms with van der Waals surface area (Å²) in [5.74, 6) is -0.940. The summed E-state index contributed by atoms with van der Waals surface area (Å²) in [6.07, 6.45) is 10.7. The van der Waals surface area contributed by atoms with Crippen LogP contribution in [0.4, 0.5) is 0 Å². The number of nitrogens with zero attached hydrogens (tertiary/aromatic N) is 1. The molecule has 2 atom stereocenters. The number of carbonyl (C=O) groups is 3. The average Bonchev–Trinajstić information content (AvgIpc) is 2.93. The van der Waals surface area contributed by atoms with E-state index in [2.05, 4.69) is 23.6 Å². The molecule has 1 aromatic carbocycles. The molecule has 3 aliphatic rings. The van der Waals surface area contributed by atoms with Gasteiger partial charge in [-0.3, -0.25) is 14.4 Å². The minimum absolute atomic E-state index is 0.00630. The standard InChI is InChI=1S/C32H45N3O6/c1-31(13-8-14-31)20-34-28(36)23-9-6-4-5-7-10-25(23)35-29(37)24-18-26(21(19-33)17-27(24)40-3)41-22-11-15-32(2,16-12-22)30(38)39/h17-18,22-23,25H,4-16,20H2,1-3H3,(H,34,36)(H,35,37)(H,38,39)/t22-,23-,25+,32+/m1/s1. The highest BCUT2D eigenvalue weighted by Gasteiger charge is 2.39. The lowest BCUT2D eigenvalue weighted by atomic mass is 9.70. The quantitative estimate of drug-likeness (QED) is 0.365. The zero-order valence-electron chi connectivity index (χ0n) is 24.7. The first kappa shape index (κ1) is 30.7. The van der Waals surface area contributed by atoms with E-state index in [1.165, 1.54) is 19.6 Å². The Balaban J connectivity index is 1.50. The molecule has 224 valence electrons. The van der Waals surface area contributed by atoms with Gasteiger partial charge in [-0.05, 0) is 69.8 Å². The Labute approximate surface area is 243 Å². The van der Waals surface area contributed by atoms with E-state index in [9.17, 15) is 24.8 Å². The molecule has 0 radical (unpaired) electrons. The highest BCUT2D eigenvalue weighted by atomic mass is 16.5. The third-order valence-electron chi connectivity index (χ3n) is 9.68. The van der Waals surface area contributed by atoms with Crippen molar-refractivity contribution in [3.05, 3.63) is 23.3 Å². The lowest BCUT2D eigenvalue weighted by Crippen LogP contribution is -2.49. The third kappa shape index (κ3) is 7.33. The lowest BCUT2D eigenvalue weighted by Gasteiger charge is -2.39. The summed E-state index contributed by atoms with van der Waals surface area (Å²) >= 11 is 0. The van der Waals surface area contributed by atoms with Crippen LogP contribution in [0.2, 0.25) is 0 Å². The second-order valence-electron chi connectivity index (χ2n) is 12.9.